The molecule has 0 atom stereocenters. The molecule has 6 heteroatoms. The van der Waals surface area contributed by atoms with Crippen LogP contribution in [0, 0.1) is 0 Å². The molecule has 0 bridgehead atoms. The third kappa shape index (κ3) is 16.1. The summed E-state index contributed by atoms with van der Waals surface area (Å²) in [5, 5.41) is 23.7. The van der Waals surface area contributed by atoms with Crippen LogP contribution in [0.2, 0.25) is 0 Å². The number of hydrogen-bond acceptors (Lipinski definition) is 6. The van der Waals surface area contributed by atoms with Crippen LogP contribution in [-0.4, -0.2) is 99.7 Å². The summed E-state index contributed by atoms with van der Waals surface area (Å²) in [4.78, 5) is 4.78. The summed E-state index contributed by atoms with van der Waals surface area (Å²) in [7, 11) is 4.37. The van der Waals surface area contributed by atoms with Crippen molar-refractivity contribution in [2.45, 2.75) is 25.7 Å². The Morgan fingerprint density at radius 1 is 0.591 bits per heavy atom. The van der Waals surface area contributed by atoms with E-state index in [1.54, 1.807) is 0 Å². The molecule has 6 nitrogen and oxygen atoms in total. The van der Waals surface area contributed by atoms with Crippen molar-refractivity contribution >= 4 is 0 Å². The molecule has 22 heavy (non-hydrogen) atoms. The Kier molecular flexibility index (Phi) is 16.9. The molecule has 0 heterocycles. The van der Waals surface area contributed by atoms with E-state index in [4.69, 9.17) is 10.2 Å². The Balaban J connectivity index is 3.28. The van der Waals surface area contributed by atoms with Gasteiger partial charge in [0, 0.05) is 13.1 Å². The van der Waals surface area contributed by atoms with E-state index in [-0.39, 0.29) is 13.2 Å². The minimum Gasteiger partial charge on any atom is -0.395 e. The minimum absolute atomic E-state index is 0.223. The van der Waals surface area contributed by atoms with Crippen LogP contribution < -0.4 is 10.6 Å². The second-order valence-corrected chi connectivity index (χ2v) is 5.97. The molecule has 134 valence electrons. The van der Waals surface area contributed by atoms with Crippen LogP contribution in [0.1, 0.15) is 25.7 Å². The van der Waals surface area contributed by atoms with Gasteiger partial charge >= 0.3 is 0 Å². The van der Waals surface area contributed by atoms with Crippen LogP contribution in [0.5, 0.6) is 0 Å². The smallest absolute Gasteiger partial charge is 0.0555 e. The highest BCUT2D eigenvalue weighted by Crippen LogP contribution is 1.97. The molecule has 0 aliphatic carbocycles. The van der Waals surface area contributed by atoms with E-state index in [2.05, 4.69) is 34.5 Å². The van der Waals surface area contributed by atoms with Crippen molar-refractivity contribution in [2.75, 3.05) is 79.7 Å². The van der Waals surface area contributed by atoms with E-state index in [1.165, 1.54) is 12.8 Å². The predicted octanol–water partition coefficient (Wildman–Crippen LogP) is -0.426. The maximum Gasteiger partial charge on any atom is 0.0555 e. The number of rotatable bonds is 17. The van der Waals surface area contributed by atoms with Gasteiger partial charge in [0.1, 0.15) is 0 Å². The number of unbranched alkanes of at least 4 members (excludes halogenated alkanes) is 1. The zero-order valence-corrected chi connectivity index (χ0v) is 14.7. The molecule has 0 aromatic rings. The number of nitrogens with zero attached hydrogens (tertiary/aromatic N) is 2. The van der Waals surface area contributed by atoms with Gasteiger partial charge in [-0.3, -0.25) is 0 Å². The lowest BCUT2D eigenvalue weighted by Gasteiger charge is -2.19. The highest BCUT2D eigenvalue weighted by molar-refractivity contribution is 4.58. The van der Waals surface area contributed by atoms with Crippen LogP contribution in [0.15, 0.2) is 0 Å². The molecule has 0 saturated heterocycles. The van der Waals surface area contributed by atoms with Crippen LogP contribution in [0.4, 0.5) is 0 Å². The van der Waals surface area contributed by atoms with Crippen molar-refractivity contribution in [3.63, 3.8) is 0 Å². The average molecular weight is 319 g/mol. The molecule has 0 unspecified atom stereocenters. The Hall–Kier alpha value is -0.240. The second-order valence-electron chi connectivity index (χ2n) is 5.97. The van der Waals surface area contributed by atoms with E-state index >= 15 is 0 Å². The van der Waals surface area contributed by atoms with Gasteiger partial charge in [-0.05, 0) is 79.0 Å². The lowest BCUT2D eigenvalue weighted by Crippen LogP contribution is -2.28. The lowest BCUT2D eigenvalue weighted by atomic mass is 10.2. The van der Waals surface area contributed by atoms with Crippen molar-refractivity contribution < 1.29 is 10.2 Å². The van der Waals surface area contributed by atoms with Crippen molar-refractivity contribution in [3.8, 4) is 0 Å². The minimum atomic E-state index is 0.223. The van der Waals surface area contributed by atoms with Gasteiger partial charge in [-0.2, -0.15) is 0 Å². The number of hydrogen-bond donors (Lipinski definition) is 4. The summed E-state index contributed by atoms with van der Waals surface area (Å²) in [5.74, 6) is 0. The van der Waals surface area contributed by atoms with Crippen LogP contribution in [0.25, 0.3) is 0 Å². The quantitative estimate of drug-likeness (QED) is 0.273. The zero-order chi connectivity index (χ0) is 16.5. The van der Waals surface area contributed by atoms with Gasteiger partial charge in [-0.1, -0.05) is 0 Å². The summed E-state index contributed by atoms with van der Waals surface area (Å²) in [5.41, 5.74) is 0. The summed E-state index contributed by atoms with van der Waals surface area (Å²) >= 11 is 0. The van der Waals surface area contributed by atoms with Gasteiger partial charge < -0.3 is 30.6 Å². The monoisotopic (exact) mass is 318 g/mol. The Labute approximate surface area is 136 Å². The maximum absolute atomic E-state index is 8.66. The van der Waals surface area contributed by atoms with Crippen molar-refractivity contribution in [2.24, 2.45) is 0 Å². The van der Waals surface area contributed by atoms with Crippen molar-refractivity contribution in [1.29, 1.82) is 0 Å². The average Bonchev–Trinajstić information content (AvgIpc) is 2.51. The van der Waals surface area contributed by atoms with E-state index in [1.807, 2.05) is 0 Å². The Bertz CT molecular complexity index is 198. The summed E-state index contributed by atoms with van der Waals surface area (Å²) < 4.78 is 0. The number of nitrogens with one attached hydrogen (secondary N) is 2. The Morgan fingerprint density at radius 2 is 0.955 bits per heavy atom. The second kappa shape index (κ2) is 17.1. The third-order valence-corrected chi connectivity index (χ3v) is 3.69. The summed E-state index contributed by atoms with van der Waals surface area (Å²) in [6.07, 6.45) is 4.76. The van der Waals surface area contributed by atoms with Gasteiger partial charge in [0.2, 0.25) is 0 Å². The molecular weight excluding hydrogens is 280 g/mol. The largest absolute Gasteiger partial charge is 0.395 e. The molecule has 0 radical (unpaired) electrons. The normalized spacial score (nSPS) is 11.7. The van der Waals surface area contributed by atoms with Gasteiger partial charge in [-0.15, -0.1) is 0 Å². The van der Waals surface area contributed by atoms with E-state index in [0.717, 1.165) is 52.1 Å². The third-order valence-electron chi connectivity index (χ3n) is 3.69. The van der Waals surface area contributed by atoms with Gasteiger partial charge in [0.05, 0.1) is 13.2 Å². The van der Waals surface area contributed by atoms with Crippen LogP contribution in [-0.2, 0) is 0 Å². The van der Waals surface area contributed by atoms with E-state index < -0.39 is 0 Å². The molecule has 0 aromatic carbocycles. The first-order valence-corrected chi connectivity index (χ1v) is 8.71. The zero-order valence-electron chi connectivity index (χ0n) is 14.7. The van der Waals surface area contributed by atoms with Crippen molar-refractivity contribution in [1.82, 2.24) is 20.4 Å². The molecule has 0 aromatic heterocycles. The first-order valence-electron chi connectivity index (χ1n) is 8.71. The maximum atomic E-state index is 8.66. The molecule has 0 spiro atoms. The molecule has 0 aliphatic rings. The fourth-order valence-electron chi connectivity index (χ4n) is 2.34. The van der Waals surface area contributed by atoms with Gasteiger partial charge in [0.15, 0.2) is 0 Å². The summed E-state index contributed by atoms with van der Waals surface area (Å²) in [6.45, 7) is 8.36. The lowest BCUT2D eigenvalue weighted by molar-refractivity contribution is 0.276. The number of aliphatic hydroxyl groups is 2. The highest BCUT2D eigenvalue weighted by atomic mass is 16.3. The van der Waals surface area contributed by atoms with Crippen LogP contribution in [0.3, 0.4) is 0 Å². The topological polar surface area (TPSA) is 71.0 Å². The van der Waals surface area contributed by atoms with Crippen LogP contribution >= 0.6 is 0 Å². The fourth-order valence-corrected chi connectivity index (χ4v) is 2.34. The molecule has 4 N–H and O–H groups in total. The van der Waals surface area contributed by atoms with Gasteiger partial charge in [-0.25, -0.2) is 0 Å². The molecule has 0 aliphatic heterocycles. The highest BCUT2D eigenvalue weighted by Gasteiger charge is 2.01. The molecule has 0 saturated carbocycles. The SMILES string of the molecule is CN(CCCCN(C)CCCNCCO)CCCNCCO. The molecule has 0 fully saturated rings. The molecular formula is C16H38N4O2. The van der Waals surface area contributed by atoms with Crippen molar-refractivity contribution in [3.05, 3.63) is 0 Å². The summed E-state index contributed by atoms with van der Waals surface area (Å²) in [6, 6.07) is 0. The standard InChI is InChI=1S/C16H38N4O2/c1-19(13-5-7-17-9-15-21)11-3-4-12-20(2)14-6-8-18-10-16-22/h17-18,21-22H,3-16H2,1-2H3. The molecule has 0 amide bonds. The fraction of sp³-hybridized carbons (Fsp3) is 1.00. The molecule has 0 rings (SSSR count). The number of aliphatic hydroxyl groups excluding tert-OH is 2. The van der Waals surface area contributed by atoms with E-state index in [9.17, 15) is 0 Å². The van der Waals surface area contributed by atoms with Gasteiger partial charge in [0.25, 0.3) is 0 Å². The predicted molar refractivity (Wildman–Crippen MR) is 93.4 cm³/mol. The van der Waals surface area contributed by atoms with E-state index in [0.29, 0.717) is 13.1 Å². The first-order chi connectivity index (χ1) is 10.7. The first kappa shape index (κ1) is 21.8. The Morgan fingerprint density at radius 3 is 1.32 bits per heavy atom.